The van der Waals surface area contributed by atoms with E-state index >= 15 is 0 Å². The van der Waals surface area contributed by atoms with Crippen molar-refractivity contribution in [2.24, 2.45) is 0 Å². The van der Waals surface area contributed by atoms with Gasteiger partial charge in [0.1, 0.15) is 12.3 Å². The molecule has 0 bridgehead atoms. The molecule has 0 atom stereocenters. The average Bonchev–Trinajstić information content (AvgIpc) is 3.01. The van der Waals surface area contributed by atoms with Crippen LogP contribution in [0.5, 0.6) is 5.75 Å². The van der Waals surface area contributed by atoms with Crippen molar-refractivity contribution < 1.29 is 17.9 Å². The SMILES string of the molecule is CCOc1cccc(N(CC(=O)Nc2ccc3c(c2)sc(=O)n3C(C)C)S(C)(=O)=O)c1. The highest BCUT2D eigenvalue weighted by Crippen LogP contribution is 2.25. The minimum Gasteiger partial charge on any atom is -0.494 e. The molecule has 0 saturated heterocycles. The minimum atomic E-state index is -3.71. The highest BCUT2D eigenvalue weighted by molar-refractivity contribution is 7.92. The molecule has 166 valence electrons. The molecule has 0 aliphatic heterocycles. The highest BCUT2D eigenvalue weighted by Gasteiger charge is 2.22. The molecule has 0 saturated carbocycles. The second kappa shape index (κ2) is 9.11. The predicted molar refractivity (Wildman–Crippen MR) is 125 cm³/mol. The van der Waals surface area contributed by atoms with Crippen molar-refractivity contribution in [2.75, 3.05) is 29.0 Å². The minimum absolute atomic E-state index is 0.0254. The zero-order valence-electron chi connectivity index (χ0n) is 17.8. The first kappa shape index (κ1) is 22.8. The molecule has 3 aromatic rings. The molecule has 0 aliphatic carbocycles. The van der Waals surface area contributed by atoms with Crippen molar-refractivity contribution in [3.05, 3.63) is 52.1 Å². The van der Waals surface area contributed by atoms with Crippen LogP contribution in [0.2, 0.25) is 0 Å². The zero-order valence-corrected chi connectivity index (χ0v) is 19.4. The zero-order chi connectivity index (χ0) is 22.8. The van der Waals surface area contributed by atoms with Crippen LogP contribution < -0.4 is 19.2 Å². The maximum Gasteiger partial charge on any atom is 0.308 e. The Morgan fingerprint density at radius 3 is 2.61 bits per heavy atom. The highest BCUT2D eigenvalue weighted by atomic mass is 32.2. The predicted octanol–water partition coefficient (Wildman–Crippen LogP) is 3.45. The number of thiazole rings is 1. The molecular weight excluding hydrogens is 438 g/mol. The summed E-state index contributed by atoms with van der Waals surface area (Å²) in [7, 11) is -3.71. The van der Waals surface area contributed by atoms with E-state index in [4.69, 9.17) is 4.74 Å². The molecule has 1 heterocycles. The van der Waals surface area contributed by atoms with Crippen LogP contribution in [0, 0.1) is 0 Å². The van der Waals surface area contributed by atoms with Crippen LogP contribution >= 0.6 is 11.3 Å². The molecule has 0 aliphatic rings. The van der Waals surface area contributed by atoms with E-state index in [1.54, 1.807) is 47.0 Å². The van der Waals surface area contributed by atoms with E-state index in [1.807, 2.05) is 20.8 Å². The second-order valence-electron chi connectivity index (χ2n) is 7.26. The van der Waals surface area contributed by atoms with E-state index in [-0.39, 0.29) is 10.9 Å². The van der Waals surface area contributed by atoms with Crippen molar-refractivity contribution in [3.63, 3.8) is 0 Å². The van der Waals surface area contributed by atoms with Gasteiger partial charge in [-0.05, 0) is 51.1 Å². The lowest BCUT2D eigenvalue weighted by Crippen LogP contribution is -2.37. The Balaban J connectivity index is 1.83. The van der Waals surface area contributed by atoms with Gasteiger partial charge in [-0.3, -0.25) is 18.5 Å². The van der Waals surface area contributed by atoms with Gasteiger partial charge in [-0.15, -0.1) is 0 Å². The number of ether oxygens (including phenoxy) is 1. The topological polar surface area (TPSA) is 97.7 Å². The monoisotopic (exact) mass is 463 g/mol. The van der Waals surface area contributed by atoms with E-state index in [1.165, 1.54) is 0 Å². The third kappa shape index (κ3) is 5.26. The lowest BCUT2D eigenvalue weighted by atomic mass is 10.2. The van der Waals surface area contributed by atoms with Gasteiger partial charge in [-0.2, -0.15) is 0 Å². The molecule has 2 aromatic carbocycles. The van der Waals surface area contributed by atoms with Crippen molar-refractivity contribution in [3.8, 4) is 5.75 Å². The van der Waals surface area contributed by atoms with Gasteiger partial charge < -0.3 is 10.1 Å². The van der Waals surface area contributed by atoms with E-state index in [2.05, 4.69) is 5.32 Å². The Hall–Kier alpha value is -2.85. The van der Waals surface area contributed by atoms with Crippen molar-refractivity contribution in [1.82, 2.24) is 4.57 Å². The fourth-order valence-electron chi connectivity index (χ4n) is 3.23. The molecule has 1 N–H and O–H groups in total. The Morgan fingerprint density at radius 2 is 1.97 bits per heavy atom. The number of hydrogen-bond acceptors (Lipinski definition) is 6. The Morgan fingerprint density at radius 1 is 1.23 bits per heavy atom. The number of nitrogens with one attached hydrogen (secondary N) is 1. The number of anilines is 2. The van der Waals surface area contributed by atoms with Crippen LogP contribution in [0.3, 0.4) is 0 Å². The van der Waals surface area contributed by atoms with Gasteiger partial charge in [0.05, 0.1) is 28.8 Å². The van der Waals surface area contributed by atoms with Crippen molar-refractivity contribution in [2.45, 2.75) is 26.8 Å². The first-order valence-corrected chi connectivity index (χ1v) is 12.4. The number of carbonyl (C=O) groups is 1. The Bertz CT molecular complexity index is 1260. The van der Waals surface area contributed by atoms with Crippen LogP contribution in [0.1, 0.15) is 26.8 Å². The maximum absolute atomic E-state index is 12.7. The van der Waals surface area contributed by atoms with Crippen LogP contribution in [-0.2, 0) is 14.8 Å². The summed E-state index contributed by atoms with van der Waals surface area (Å²) in [5.74, 6) is 0.0197. The van der Waals surface area contributed by atoms with Crippen molar-refractivity contribution in [1.29, 1.82) is 0 Å². The summed E-state index contributed by atoms with van der Waals surface area (Å²) < 4.78 is 33.6. The van der Waals surface area contributed by atoms with E-state index in [9.17, 15) is 18.0 Å². The van der Waals surface area contributed by atoms with E-state index in [0.717, 1.165) is 32.1 Å². The molecule has 1 aromatic heterocycles. The third-order valence-electron chi connectivity index (χ3n) is 4.52. The van der Waals surface area contributed by atoms with Crippen LogP contribution in [0.4, 0.5) is 11.4 Å². The summed E-state index contributed by atoms with van der Waals surface area (Å²) in [6.45, 7) is 5.75. The van der Waals surface area contributed by atoms with Crippen LogP contribution in [0.25, 0.3) is 10.2 Å². The number of benzene rings is 2. The molecule has 0 unspecified atom stereocenters. The fraction of sp³-hybridized carbons (Fsp3) is 0.333. The summed E-state index contributed by atoms with van der Waals surface area (Å²) in [6, 6.07) is 11.8. The summed E-state index contributed by atoms with van der Waals surface area (Å²) in [4.78, 5) is 24.8. The number of hydrogen-bond donors (Lipinski definition) is 1. The fourth-order valence-corrected chi connectivity index (χ4v) is 5.13. The van der Waals surface area contributed by atoms with Gasteiger partial charge in [0, 0.05) is 17.8 Å². The van der Waals surface area contributed by atoms with Crippen LogP contribution in [0.15, 0.2) is 47.3 Å². The summed E-state index contributed by atoms with van der Waals surface area (Å²) in [6.07, 6.45) is 1.05. The van der Waals surface area contributed by atoms with E-state index < -0.39 is 22.5 Å². The number of rotatable bonds is 8. The van der Waals surface area contributed by atoms with Gasteiger partial charge in [-0.25, -0.2) is 8.42 Å². The number of aromatic nitrogens is 1. The normalized spacial score (nSPS) is 11.6. The molecule has 0 fully saturated rings. The van der Waals surface area contributed by atoms with Crippen LogP contribution in [-0.4, -0.2) is 38.3 Å². The molecule has 10 heteroatoms. The Kier molecular flexibility index (Phi) is 6.71. The number of carbonyl (C=O) groups excluding carboxylic acids is 1. The van der Waals surface area contributed by atoms with Gasteiger partial charge >= 0.3 is 4.87 Å². The number of fused-ring (bicyclic) bond motifs is 1. The smallest absolute Gasteiger partial charge is 0.308 e. The second-order valence-corrected chi connectivity index (χ2v) is 10.2. The molecule has 8 nitrogen and oxygen atoms in total. The molecule has 0 spiro atoms. The lowest BCUT2D eigenvalue weighted by Gasteiger charge is -2.22. The molecule has 31 heavy (non-hydrogen) atoms. The number of nitrogens with zero attached hydrogens (tertiary/aromatic N) is 2. The van der Waals surface area contributed by atoms with Gasteiger partial charge in [0.15, 0.2) is 0 Å². The summed E-state index contributed by atoms with van der Waals surface area (Å²) >= 11 is 1.11. The third-order valence-corrected chi connectivity index (χ3v) is 6.58. The lowest BCUT2D eigenvalue weighted by molar-refractivity contribution is -0.114. The molecule has 1 amide bonds. The largest absolute Gasteiger partial charge is 0.494 e. The molecule has 3 rings (SSSR count). The molecule has 0 radical (unpaired) electrons. The van der Waals surface area contributed by atoms with Crippen molar-refractivity contribution >= 4 is 48.9 Å². The van der Waals surface area contributed by atoms with Gasteiger partial charge in [0.2, 0.25) is 15.9 Å². The Labute approximate surface area is 185 Å². The first-order chi connectivity index (χ1) is 14.6. The van der Waals surface area contributed by atoms with Gasteiger partial charge in [0.25, 0.3) is 0 Å². The first-order valence-electron chi connectivity index (χ1n) is 9.75. The van der Waals surface area contributed by atoms with Gasteiger partial charge in [-0.1, -0.05) is 17.4 Å². The number of amides is 1. The average molecular weight is 464 g/mol. The summed E-state index contributed by atoms with van der Waals surface area (Å²) in [5, 5.41) is 2.72. The van der Waals surface area contributed by atoms with E-state index in [0.29, 0.717) is 23.7 Å². The standard InChI is InChI=1S/C21H25N3O5S2/c1-5-29-17-8-6-7-16(12-17)23(31(4,27)28)13-20(25)22-15-9-10-18-19(11-15)30-21(26)24(18)14(2)3/h6-12,14H,5,13H2,1-4H3,(H,22,25). The quantitative estimate of drug-likeness (QED) is 0.552. The molecular formula is C21H25N3O5S2. The number of sulfonamides is 1. The summed E-state index contributed by atoms with van der Waals surface area (Å²) in [5.41, 5.74) is 1.63. The maximum atomic E-state index is 12.7.